The smallest absolute Gasteiger partial charge is 0.159 e. The first kappa shape index (κ1) is 13.0. The molecule has 0 bridgehead atoms. The Hall–Kier alpha value is -1.42. The molecule has 18 heavy (non-hydrogen) atoms. The third kappa shape index (κ3) is 2.70. The van der Waals surface area contributed by atoms with Crippen LogP contribution in [-0.4, -0.2) is 21.1 Å². The van der Waals surface area contributed by atoms with Gasteiger partial charge in [0.05, 0.1) is 0 Å². The molecule has 0 aliphatic rings. The molecule has 2 N–H and O–H groups in total. The van der Waals surface area contributed by atoms with Crippen LogP contribution in [0.25, 0.3) is 11.2 Å². The van der Waals surface area contributed by atoms with Gasteiger partial charge in [-0.2, -0.15) is 0 Å². The first-order valence-corrected chi connectivity index (χ1v) is 6.58. The minimum absolute atomic E-state index is 0.500. The number of hydrogen-bond donors (Lipinski definition) is 1. The molecule has 0 aromatic carbocycles. The van der Waals surface area contributed by atoms with Gasteiger partial charge in [0, 0.05) is 19.7 Å². The first-order valence-electron chi connectivity index (χ1n) is 6.58. The van der Waals surface area contributed by atoms with Crippen LogP contribution in [0.3, 0.4) is 0 Å². The van der Waals surface area contributed by atoms with Crippen LogP contribution in [0.5, 0.6) is 0 Å². The fraction of sp³-hybridized carbons (Fsp3) is 0.571. The summed E-state index contributed by atoms with van der Waals surface area (Å²) in [6.07, 6.45) is 3.89. The largest absolute Gasteiger partial charge is 0.330 e. The molecule has 0 amide bonds. The lowest BCUT2D eigenvalue weighted by Gasteiger charge is -2.16. The van der Waals surface area contributed by atoms with Gasteiger partial charge in [0.25, 0.3) is 0 Å². The van der Waals surface area contributed by atoms with Crippen molar-refractivity contribution in [2.24, 2.45) is 24.6 Å². The topological polar surface area (TPSA) is 56.7 Å². The average Bonchev–Trinajstić information content (AvgIpc) is 2.66. The zero-order chi connectivity index (χ0) is 13.1. The number of pyridine rings is 1. The fourth-order valence-electron chi connectivity index (χ4n) is 2.44. The van der Waals surface area contributed by atoms with Crippen molar-refractivity contribution in [1.29, 1.82) is 0 Å². The molecule has 0 radical (unpaired) electrons. The number of rotatable bonds is 5. The van der Waals surface area contributed by atoms with Gasteiger partial charge in [-0.15, -0.1) is 0 Å². The molecule has 1 atom stereocenters. The van der Waals surface area contributed by atoms with Gasteiger partial charge in [-0.05, 0) is 36.9 Å². The number of fused-ring (bicyclic) bond motifs is 1. The van der Waals surface area contributed by atoms with Crippen molar-refractivity contribution in [3.8, 4) is 0 Å². The van der Waals surface area contributed by atoms with Crippen LogP contribution in [-0.2, 0) is 13.5 Å². The maximum absolute atomic E-state index is 5.86. The number of nitrogens with zero attached hydrogens (tertiary/aromatic N) is 3. The highest BCUT2D eigenvalue weighted by molar-refractivity contribution is 5.70. The zero-order valence-corrected chi connectivity index (χ0v) is 11.4. The molecule has 1 unspecified atom stereocenters. The van der Waals surface area contributed by atoms with Crippen molar-refractivity contribution >= 4 is 11.2 Å². The lowest BCUT2D eigenvalue weighted by Crippen LogP contribution is -2.20. The molecule has 2 rings (SSSR count). The highest BCUT2D eigenvalue weighted by Gasteiger charge is 2.15. The molecule has 0 spiro atoms. The molecule has 98 valence electrons. The van der Waals surface area contributed by atoms with E-state index in [1.54, 1.807) is 0 Å². The van der Waals surface area contributed by atoms with Gasteiger partial charge in [-0.25, -0.2) is 9.97 Å². The molecular weight excluding hydrogens is 224 g/mol. The van der Waals surface area contributed by atoms with Gasteiger partial charge in [-0.1, -0.05) is 13.8 Å². The number of imidazole rings is 1. The Morgan fingerprint density at radius 3 is 2.78 bits per heavy atom. The Morgan fingerprint density at radius 2 is 2.17 bits per heavy atom. The van der Waals surface area contributed by atoms with Crippen molar-refractivity contribution in [3.63, 3.8) is 0 Å². The number of hydrogen-bond acceptors (Lipinski definition) is 3. The standard InChI is InChI=1S/C14H22N4/c1-10(2)7-11(9-15)8-13-17-12-5-4-6-16-14(12)18(13)3/h4-6,10-11H,7-9,15H2,1-3H3. The van der Waals surface area contributed by atoms with Gasteiger partial charge in [0.2, 0.25) is 0 Å². The number of aromatic nitrogens is 3. The zero-order valence-electron chi connectivity index (χ0n) is 11.4. The van der Waals surface area contributed by atoms with Gasteiger partial charge < -0.3 is 10.3 Å². The Bertz CT molecular complexity index is 515. The normalized spacial score (nSPS) is 13.4. The molecule has 4 nitrogen and oxygen atoms in total. The van der Waals surface area contributed by atoms with Crippen LogP contribution in [0, 0.1) is 11.8 Å². The highest BCUT2D eigenvalue weighted by Crippen LogP contribution is 2.18. The third-order valence-electron chi connectivity index (χ3n) is 3.33. The predicted octanol–water partition coefficient (Wildman–Crippen LogP) is 2.13. The van der Waals surface area contributed by atoms with Crippen LogP contribution >= 0.6 is 0 Å². The summed E-state index contributed by atoms with van der Waals surface area (Å²) in [4.78, 5) is 9.02. The minimum Gasteiger partial charge on any atom is -0.330 e. The van der Waals surface area contributed by atoms with Crippen LogP contribution in [0.15, 0.2) is 18.3 Å². The molecule has 0 saturated heterocycles. The summed E-state index contributed by atoms with van der Waals surface area (Å²) in [5.74, 6) is 2.26. The van der Waals surface area contributed by atoms with Crippen molar-refractivity contribution < 1.29 is 0 Å². The van der Waals surface area contributed by atoms with E-state index < -0.39 is 0 Å². The molecule has 2 aromatic heterocycles. The second kappa shape index (κ2) is 5.48. The SMILES string of the molecule is CC(C)CC(CN)Cc1nc2cccnc2n1C. The van der Waals surface area contributed by atoms with E-state index in [9.17, 15) is 0 Å². The van der Waals surface area contributed by atoms with Crippen LogP contribution in [0.4, 0.5) is 0 Å². The quantitative estimate of drug-likeness (QED) is 0.879. The fourth-order valence-corrected chi connectivity index (χ4v) is 2.44. The number of nitrogens with two attached hydrogens (primary N) is 1. The average molecular weight is 246 g/mol. The molecule has 0 aliphatic heterocycles. The summed E-state index contributed by atoms with van der Waals surface area (Å²) < 4.78 is 2.08. The maximum Gasteiger partial charge on any atom is 0.159 e. The highest BCUT2D eigenvalue weighted by atomic mass is 15.1. The second-order valence-electron chi connectivity index (χ2n) is 5.37. The van der Waals surface area contributed by atoms with E-state index in [-0.39, 0.29) is 0 Å². The van der Waals surface area contributed by atoms with Gasteiger partial charge in [-0.3, -0.25) is 0 Å². The molecular formula is C14H22N4. The molecule has 0 saturated carbocycles. The third-order valence-corrected chi connectivity index (χ3v) is 3.33. The van der Waals surface area contributed by atoms with Gasteiger partial charge in [0.1, 0.15) is 11.3 Å². The Labute approximate surface area is 108 Å². The van der Waals surface area contributed by atoms with Crippen molar-refractivity contribution in [2.75, 3.05) is 6.54 Å². The van der Waals surface area contributed by atoms with Gasteiger partial charge >= 0.3 is 0 Å². The first-order chi connectivity index (χ1) is 8.61. The Balaban J connectivity index is 2.22. The Kier molecular flexibility index (Phi) is 3.97. The lowest BCUT2D eigenvalue weighted by molar-refractivity contribution is 0.406. The van der Waals surface area contributed by atoms with Crippen molar-refractivity contribution in [3.05, 3.63) is 24.2 Å². The minimum atomic E-state index is 0.500. The monoisotopic (exact) mass is 246 g/mol. The molecule has 0 fully saturated rings. The summed E-state index contributed by atoms with van der Waals surface area (Å²) in [6.45, 7) is 5.19. The van der Waals surface area contributed by atoms with Crippen molar-refractivity contribution in [2.45, 2.75) is 26.7 Å². The molecule has 2 heterocycles. The van der Waals surface area contributed by atoms with E-state index in [2.05, 4.69) is 28.4 Å². The van der Waals surface area contributed by atoms with Crippen molar-refractivity contribution in [1.82, 2.24) is 14.5 Å². The van der Waals surface area contributed by atoms with E-state index in [1.165, 1.54) is 0 Å². The maximum atomic E-state index is 5.86. The molecule has 2 aromatic rings. The summed E-state index contributed by atoms with van der Waals surface area (Å²) in [5, 5.41) is 0. The van der Waals surface area contributed by atoms with Gasteiger partial charge in [0.15, 0.2) is 5.65 Å². The van der Waals surface area contributed by atoms with E-state index in [0.29, 0.717) is 11.8 Å². The van der Waals surface area contributed by atoms with E-state index >= 15 is 0 Å². The second-order valence-corrected chi connectivity index (χ2v) is 5.37. The summed E-state index contributed by atoms with van der Waals surface area (Å²) in [5.41, 5.74) is 7.78. The summed E-state index contributed by atoms with van der Waals surface area (Å²) in [7, 11) is 2.03. The number of aryl methyl sites for hydroxylation is 1. The van der Waals surface area contributed by atoms with E-state index in [0.717, 1.165) is 36.4 Å². The van der Waals surface area contributed by atoms with Crippen LogP contribution in [0.1, 0.15) is 26.1 Å². The molecule has 4 heteroatoms. The summed E-state index contributed by atoms with van der Waals surface area (Å²) >= 11 is 0. The van der Waals surface area contributed by atoms with E-state index in [4.69, 9.17) is 5.73 Å². The Morgan fingerprint density at radius 1 is 1.39 bits per heavy atom. The molecule has 0 aliphatic carbocycles. The summed E-state index contributed by atoms with van der Waals surface area (Å²) in [6, 6.07) is 3.93. The van der Waals surface area contributed by atoms with E-state index in [1.807, 2.05) is 25.4 Å². The van der Waals surface area contributed by atoms with Crippen LogP contribution < -0.4 is 5.73 Å². The predicted molar refractivity (Wildman–Crippen MR) is 74.2 cm³/mol. The lowest BCUT2D eigenvalue weighted by atomic mass is 9.94. The van der Waals surface area contributed by atoms with Crippen LogP contribution in [0.2, 0.25) is 0 Å².